The summed E-state index contributed by atoms with van der Waals surface area (Å²) in [4.78, 5) is 31.7. The maximum atomic E-state index is 13.0. The minimum Gasteiger partial charge on any atom is -0.446 e. The number of pyridine rings is 1. The Bertz CT molecular complexity index is 954. The smallest absolute Gasteiger partial charge is 0.410 e. The van der Waals surface area contributed by atoms with Gasteiger partial charge in [0, 0.05) is 31.4 Å². The molecule has 5 saturated carbocycles. The third kappa shape index (κ3) is 4.28. The number of amides is 2. The van der Waals surface area contributed by atoms with Crippen LogP contribution in [0.3, 0.4) is 0 Å². The Balaban J connectivity index is 1.07. The van der Waals surface area contributed by atoms with Crippen molar-refractivity contribution in [3.63, 3.8) is 0 Å². The number of anilines is 1. The maximum Gasteiger partial charge on any atom is 0.410 e. The summed E-state index contributed by atoms with van der Waals surface area (Å²) in [5.41, 5.74) is -0.0982. The van der Waals surface area contributed by atoms with Gasteiger partial charge in [0.1, 0.15) is 11.9 Å². The lowest BCUT2D eigenvalue weighted by Crippen LogP contribution is -2.58. The Morgan fingerprint density at radius 2 is 1.91 bits per heavy atom. The summed E-state index contributed by atoms with van der Waals surface area (Å²) in [7, 11) is 0. The molecule has 3 N–H and O–H groups in total. The second kappa shape index (κ2) is 8.01. The van der Waals surface area contributed by atoms with E-state index in [9.17, 15) is 14.7 Å². The number of carbonyl (C=O) groups is 2. The molecule has 178 valence electrons. The standard InChI is InChI=1S/C24H31ClN4O4/c25-16-7-19(22(30)28-17-1-2-17)21(26-11-16)27-18-3-4-29(12-18)23(31)33-20-14-5-13-6-15(20)10-24(32,8-13)9-14/h7,11,13-15,17-18,20,32H,1-6,8-10,12H2,(H,26,27)(H,28,30)/t13?,14-,15?,18+,20?,24-/m0/s1. The van der Waals surface area contributed by atoms with Crippen molar-refractivity contribution in [2.75, 3.05) is 18.4 Å². The zero-order valence-corrected chi connectivity index (χ0v) is 19.4. The van der Waals surface area contributed by atoms with Gasteiger partial charge in [-0.25, -0.2) is 9.78 Å². The molecule has 1 aliphatic heterocycles. The topological polar surface area (TPSA) is 104 Å². The number of aliphatic hydroxyl groups is 1. The Labute approximate surface area is 198 Å². The van der Waals surface area contributed by atoms with E-state index < -0.39 is 5.60 Å². The highest BCUT2D eigenvalue weighted by Crippen LogP contribution is 2.56. The fraction of sp³-hybridized carbons (Fsp3) is 0.708. The largest absolute Gasteiger partial charge is 0.446 e. The lowest BCUT2D eigenvalue weighted by molar-refractivity contribution is -0.177. The first kappa shape index (κ1) is 21.5. The highest BCUT2D eigenvalue weighted by Gasteiger charge is 2.56. The number of halogens is 1. The first-order chi connectivity index (χ1) is 15.8. The molecule has 2 amide bonds. The Morgan fingerprint density at radius 1 is 1.15 bits per heavy atom. The van der Waals surface area contributed by atoms with Crippen LogP contribution in [0, 0.1) is 17.8 Å². The maximum absolute atomic E-state index is 13.0. The van der Waals surface area contributed by atoms with Crippen molar-refractivity contribution in [1.82, 2.24) is 15.2 Å². The van der Waals surface area contributed by atoms with Crippen LogP contribution >= 0.6 is 11.6 Å². The zero-order chi connectivity index (χ0) is 22.7. The van der Waals surface area contributed by atoms with E-state index >= 15 is 0 Å². The quantitative estimate of drug-likeness (QED) is 0.605. The van der Waals surface area contributed by atoms with E-state index in [4.69, 9.17) is 16.3 Å². The van der Waals surface area contributed by atoms with Crippen LogP contribution in [0.15, 0.2) is 12.3 Å². The van der Waals surface area contributed by atoms with Crippen molar-refractivity contribution >= 4 is 29.4 Å². The summed E-state index contributed by atoms with van der Waals surface area (Å²) in [5.74, 6) is 1.47. The molecule has 1 saturated heterocycles. The van der Waals surface area contributed by atoms with Crippen LogP contribution in [-0.2, 0) is 4.74 Å². The molecule has 0 radical (unpaired) electrons. The molecule has 6 atom stereocenters. The fourth-order valence-electron chi connectivity index (χ4n) is 6.77. The number of likely N-dealkylation sites (tertiary alicyclic amines) is 1. The van der Waals surface area contributed by atoms with Gasteiger partial charge in [-0.05, 0) is 75.2 Å². The van der Waals surface area contributed by atoms with Gasteiger partial charge in [0.2, 0.25) is 0 Å². The van der Waals surface area contributed by atoms with E-state index in [-0.39, 0.29) is 42.0 Å². The summed E-state index contributed by atoms with van der Waals surface area (Å²) >= 11 is 6.09. The summed E-state index contributed by atoms with van der Waals surface area (Å²) < 4.78 is 6.03. The van der Waals surface area contributed by atoms with Gasteiger partial charge in [-0.2, -0.15) is 0 Å². The van der Waals surface area contributed by atoms with Crippen molar-refractivity contribution in [2.45, 2.75) is 75.2 Å². The van der Waals surface area contributed by atoms with E-state index in [2.05, 4.69) is 15.6 Å². The molecular weight excluding hydrogens is 444 g/mol. The molecular formula is C24H31ClN4O4. The van der Waals surface area contributed by atoms with Crippen LogP contribution in [0.25, 0.3) is 0 Å². The van der Waals surface area contributed by atoms with Gasteiger partial charge >= 0.3 is 6.09 Å². The average Bonchev–Trinajstić information content (AvgIpc) is 3.44. The van der Waals surface area contributed by atoms with E-state index in [1.54, 1.807) is 11.0 Å². The molecule has 4 bridgehead atoms. The molecule has 6 aliphatic rings. The van der Waals surface area contributed by atoms with Crippen LogP contribution in [0.5, 0.6) is 0 Å². The van der Waals surface area contributed by atoms with Crippen molar-refractivity contribution < 1.29 is 19.4 Å². The van der Waals surface area contributed by atoms with E-state index in [0.29, 0.717) is 35.4 Å². The number of hydrogen-bond donors (Lipinski definition) is 3. The molecule has 0 aromatic carbocycles. The van der Waals surface area contributed by atoms with Crippen LogP contribution in [0.1, 0.15) is 61.7 Å². The highest BCUT2D eigenvalue weighted by molar-refractivity contribution is 6.31. The molecule has 2 heterocycles. The van der Waals surface area contributed by atoms with E-state index in [0.717, 1.165) is 51.4 Å². The van der Waals surface area contributed by atoms with Crippen molar-refractivity contribution in [2.24, 2.45) is 17.8 Å². The summed E-state index contributed by atoms with van der Waals surface area (Å²) in [5, 5.41) is 17.5. The predicted molar refractivity (Wildman–Crippen MR) is 122 cm³/mol. The molecule has 6 fully saturated rings. The second-order valence-corrected chi connectivity index (χ2v) is 11.4. The number of nitrogens with zero attached hydrogens (tertiary/aromatic N) is 2. The van der Waals surface area contributed by atoms with Gasteiger partial charge in [-0.3, -0.25) is 4.79 Å². The van der Waals surface area contributed by atoms with E-state index in [1.807, 2.05) is 0 Å². The number of ether oxygens (including phenoxy) is 1. The molecule has 1 aromatic rings. The van der Waals surface area contributed by atoms with Crippen LogP contribution < -0.4 is 10.6 Å². The minimum absolute atomic E-state index is 0.0158. The van der Waals surface area contributed by atoms with Gasteiger partial charge in [0.15, 0.2) is 0 Å². The first-order valence-corrected chi connectivity index (χ1v) is 12.6. The Hall–Kier alpha value is -2.06. The van der Waals surface area contributed by atoms with Gasteiger partial charge in [-0.1, -0.05) is 11.6 Å². The lowest BCUT2D eigenvalue weighted by atomic mass is 9.53. The number of aromatic nitrogens is 1. The van der Waals surface area contributed by atoms with Gasteiger partial charge in [0.05, 0.1) is 16.2 Å². The van der Waals surface area contributed by atoms with Crippen LogP contribution in [0.4, 0.5) is 10.6 Å². The highest BCUT2D eigenvalue weighted by atomic mass is 35.5. The number of nitrogens with one attached hydrogen (secondary N) is 2. The van der Waals surface area contributed by atoms with Crippen LogP contribution in [0.2, 0.25) is 5.02 Å². The molecule has 8 nitrogen and oxygen atoms in total. The average molecular weight is 475 g/mol. The van der Waals surface area contributed by atoms with Crippen molar-refractivity contribution in [3.05, 3.63) is 22.8 Å². The molecule has 33 heavy (non-hydrogen) atoms. The molecule has 0 spiro atoms. The predicted octanol–water partition coefficient (Wildman–Crippen LogP) is 3.19. The number of hydrogen-bond acceptors (Lipinski definition) is 6. The monoisotopic (exact) mass is 474 g/mol. The zero-order valence-electron chi connectivity index (χ0n) is 18.6. The molecule has 5 aliphatic carbocycles. The normalized spacial score (nSPS) is 36.7. The van der Waals surface area contributed by atoms with Gasteiger partial charge < -0.3 is 25.4 Å². The fourth-order valence-corrected chi connectivity index (χ4v) is 6.93. The summed E-state index contributed by atoms with van der Waals surface area (Å²) in [6.07, 6.45) is 8.52. The second-order valence-electron chi connectivity index (χ2n) is 10.9. The van der Waals surface area contributed by atoms with E-state index in [1.165, 1.54) is 6.20 Å². The lowest BCUT2D eigenvalue weighted by Gasteiger charge is -2.57. The molecule has 1 aromatic heterocycles. The third-order valence-electron chi connectivity index (χ3n) is 8.19. The summed E-state index contributed by atoms with van der Waals surface area (Å²) in [6, 6.07) is 1.86. The molecule has 7 rings (SSSR count). The molecule has 9 heteroatoms. The minimum atomic E-state index is -0.531. The third-order valence-corrected chi connectivity index (χ3v) is 8.40. The number of rotatable bonds is 5. The van der Waals surface area contributed by atoms with Crippen molar-refractivity contribution in [3.8, 4) is 0 Å². The van der Waals surface area contributed by atoms with Gasteiger partial charge in [0.25, 0.3) is 5.91 Å². The first-order valence-electron chi connectivity index (χ1n) is 12.3. The van der Waals surface area contributed by atoms with Gasteiger partial charge in [-0.15, -0.1) is 0 Å². The summed E-state index contributed by atoms with van der Waals surface area (Å²) in [6.45, 7) is 1.10. The van der Waals surface area contributed by atoms with Crippen molar-refractivity contribution in [1.29, 1.82) is 0 Å². The Morgan fingerprint density at radius 3 is 2.61 bits per heavy atom. The number of carbonyl (C=O) groups excluding carboxylic acids is 2. The van der Waals surface area contributed by atoms with Crippen LogP contribution in [-0.4, -0.2) is 63.9 Å². The molecule has 3 unspecified atom stereocenters. The SMILES string of the molecule is O=C(NC1CC1)c1cc(Cl)cnc1N[C@@H]1CCN(C(=O)OC2C3CC4C[C@H]2C[C@@](O)(C4)C3)C1. The Kier molecular flexibility index (Phi) is 5.21.